The summed E-state index contributed by atoms with van der Waals surface area (Å²) in [5.74, 6) is 0.646. The van der Waals surface area contributed by atoms with Gasteiger partial charge in [-0.2, -0.15) is 0 Å². The minimum absolute atomic E-state index is 0.262. The maximum Gasteiger partial charge on any atom is 0.167 e. The summed E-state index contributed by atoms with van der Waals surface area (Å²) in [6.45, 7) is 4.66. The summed E-state index contributed by atoms with van der Waals surface area (Å²) in [4.78, 5) is 4.41. The first-order valence-electron chi connectivity index (χ1n) is 6.80. The maximum absolute atomic E-state index is 13.7. The normalized spacial score (nSPS) is 10.3. The minimum Gasteiger partial charge on any atom is -0.497 e. The number of hydrogen-bond acceptors (Lipinski definition) is 4. The number of rotatable bonds is 6. The first-order valence-corrected chi connectivity index (χ1v) is 6.80. The lowest BCUT2D eigenvalue weighted by Crippen LogP contribution is -2.04. The molecule has 0 radical (unpaired) electrons. The maximum atomic E-state index is 13.7. The molecule has 0 saturated heterocycles. The highest BCUT2D eigenvalue weighted by Gasteiger charge is 2.05. The van der Waals surface area contributed by atoms with E-state index in [0.717, 1.165) is 17.1 Å². The number of anilines is 1. The highest BCUT2D eigenvalue weighted by molar-refractivity contribution is 5.47. The number of ether oxygens (including phenoxy) is 2. The third-order valence-electron chi connectivity index (χ3n) is 2.92. The van der Waals surface area contributed by atoms with Gasteiger partial charge in [0.15, 0.2) is 11.6 Å². The Hall–Kier alpha value is -2.30. The molecule has 1 aromatic heterocycles. The average Bonchev–Trinajstić information content (AvgIpc) is 2.47. The summed E-state index contributed by atoms with van der Waals surface area (Å²) >= 11 is 0. The van der Waals surface area contributed by atoms with E-state index < -0.39 is 0 Å². The van der Waals surface area contributed by atoms with E-state index in [0.29, 0.717) is 18.8 Å². The Bertz CT molecular complexity index is 617. The van der Waals surface area contributed by atoms with Crippen LogP contribution < -0.4 is 14.8 Å². The van der Waals surface area contributed by atoms with E-state index >= 15 is 0 Å². The quantitative estimate of drug-likeness (QED) is 0.883. The van der Waals surface area contributed by atoms with Crippen molar-refractivity contribution in [3.63, 3.8) is 0 Å². The standard InChI is InChI=1S/C16H19FN2O2/c1-4-21-16-6-5-12(9-15(16)17)18-10-13-8-14(20-3)7-11(2)19-13/h5-9,18H,4,10H2,1-3H3. The van der Waals surface area contributed by atoms with Crippen LogP contribution >= 0.6 is 0 Å². The number of pyridine rings is 1. The number of nitrogens with one attached hydrogen (secondary N) is 1. The highest BCUT2D eigenvalue weighted by atomic mass is 19.1. The molecule has 0 bridgehead atoms. The number of benzene rings is 1. The first kappa shape index (κ1) is 15.1. The van der Waals surface area contributed by atoms with Crippen LogP contribution in [0.5, 0.6) is 11.5 Å². The summed E-state index contributed by atoms with van der Waals surface area (Å²) in [6, 6.07) is 8.52. The molecule has 112 valence electrons. The number of methoxy groups -OCH3 is 1. The minimum atomic E-state index is -0.378. The summed E-state index contributed by atoms with van der Waals surface area (Å²) < 4.78 is 24.1. The van der Waals surface area contributed by atoms with E-state index in [-0.39, 0.29) is 11.6 Å². The number of aryl methyl sites for hydroxylation is 1. The molecule has 0 amide bonds. The second kappa shape index (κ2) is 6.92. The van der Waals surface area contributed by atoms with Crippen LogP contribution in [-0.2, 0) is 6.54 Å². The van der Waals surface area contributed by atoms with Crippen LogP contribution in [0.3, 0.4) is 0 Å². The molecule has 2 rings (SSSR count). The molecular weight excluding hydrogens is 271 g/mol. The van der Waals surface area contributed by atoms with Crippen molar-refractivity contribution in [3.05, 3.63) is 47.5 Å². The second-order valence-electron chi connectivity index (χ2n) is 4.57. The van der Waals surface area contributed by atoms with Crippen LogP contribution in [-0.4, -0.2) is 18.7 Å². The average molecular weight is 290 g/mol. The highest BCUT2D eigenvalue weighted by Crippen LogP contribution is 2.22. The molecule has 4 nitrogen and oxygen atoms in total. The van der Waals surface area contributed by atoms with E-state index in [1.165, 1.54) is 6.07 Å². The molecule has 5 heteroatoms. The zero-order chi connectivity index (χ0) is 15.2. The molecule has 2 aromatic rings. The van der Waals surface area contributed by atoms with Gasteiger partial charge in [0.1, 0.15) is 5.75 Å². The van der Waals surface area contributed by atoms with Crippen LogP contribution in [0, 0.1) is 12.7 Å². The zero-order valence-electron chi connectivity index (χ0n) is 12.4. The van der Waals surface area contributed by atoms with Gasteiger partial charge in [-0.3, -0.25) is 4.98 Å². The van der Waals surface area contributed by atoms with Crippen LogP contribution in [0.2, 0.25) is 0 Å². The van der Waals surface area contributed by atoms with Gasteiger partial charge in [0.2, 0.25) is 0 Å². The van der Waals surface area contributed by atoms with Crippen molar-refractivity contribution in [2.24, 2.45) is 0 Å². The molecule has 0 aliphatic heterocycles. The Labute approximate surface area is 123 Å². The van der Waals surface area contributed by atoms with E-state index in [4.69, 9.17) is 9.47 Å². The zero-order valence-corrected chi connectivity index (χ0v) is 12.4. The van der Waals surface area contributed by atoms with Crippen molar-refractivity contribution >= 4 is 5.69 Å². The topological polar surface area (TPSA) is 43.4 Å². The third-order valence-corrected chi connectivity index (χ3v) is 2.92. The molecule has 0 saturated carbocycles. The summed E-state index contributed by atoms with van der Waals surface area (Å²) in [5.41, 5.74) is 2.39. The van der Waals surface area contributed by atoms with Crippen LogP contribution in [0.25, 0.3) is 0 Å². The molecular formula is C16H19FN2O2. The van der Waals surface area contributed by atoms with Gasteiger partial charge in [-0.15, -0.1) is 0 Å². The Morgan fingerprint density at radius 2 is 2.05 bits per heavy atom. The van der Waals surface area contributed by atoms with Crippen LogP contribution in [0.15, 0.2) is 30.3 Å². The van der Waals surface area contributed by atoms with Crippen molar-refractivity contribution in [3.8, 4) is 11.5 Å². The van der Waals surface area contributed by atoms with Gasteiger partial charge in [-0.1, -0.05) is 0 Å². The van der Waals surface area contributed by atoms with E-state index in [1.54, 1.807) is 19.2 Å². The predicted molar refractivity (Wildman–Crippen MR) is 80.4 cm³/mol. The Balaban J connectivity index is 2.06. The van der Waals surface area contributed by atoms with E-state index in [2.05, 4.69) is 10.3 Å². The summed E-state index contributed by atoms with van der Waals surface area (Å²) in [7, 11) is 1.62. The van der Waals surface area contributed by atoms with Crippen LogP contribution in [0.4, 0.5) is 10.1 Å². The Morgan fingerprint density at radius 3 is 2.71 bits per heavy atom. The van der Waals surface area contributed by atoms with Gasteiger partial charge in [0, 0.05) is 29.6 Å². The first-order chi connectivity index (χ1) is 10.1. The summed E-state index contributed by atoms with van der Waals surface area (Å²) in [6.07, 6.45) is 0. The van der Waals surface area contributed by atoms with Crippen molar-refractivity contribution in [2.45, 2.75) is 20.4 Å². The fourth-order valence-electron chi connectivity index (χ4n) is 1.99. The number of nitrogens with zero attached hydrogens (tertiary/aromatic N) is 1. The molecule has 1 aromatic carbocycles. The lowest BCUT2D eigenvalue weighted by atomic mass is 10.2. The Morgan fingerprint density at radius 1 is 1.24 bits per heavy atom. The van der Waals surface area contributed by atoms with Gasteiger partial charge in [-0.25, -0.2) is 4.39 Å². The SMILES string of the molecule is CCOc1ccc(NCc2cc(OC)cc(C)n2)cc1F. The predicted octanol–water partition coefficient (Wildman–Crippen LogP) is 3.55. The molecule has 0 aliphatic rings. The van der Waals surface area contributed by atoms with Gasteiger partial charge < -0.3 is 14.8 Å². The number of aromatic nitrogens is 1. The largest absolute Gasteiger partial charge is 0.497 e. The smallest absolute Gasteiger partial charge is 0.167 e. The Kier molecular flexibility index (Phi) is 4.98. The monoisotopic (exact) mass is 290 g/mol. The lowest BCUT2D eigenvalue weighted by molar-refractivity contribution is 0.321. The fraction of sp³-hybridized carbons (Fsp3) is 0.312. The molecule has 0 aliphatic carbocycles. The number of hydrogen-bond donors (Lipinski definition) is 1. The van der Waals surface area contributed by atoms with Crippen molar-refractivity contribution in [1.29, 1.82) is 0 Å². The van der Waals surface area contributed by atoms with E-state index in [9.17, 15) is 4.39 Å². The van der Waals surface area contributed by atoms with Gasteiger partial charge in [0.25, 0.3) is 0 Å². The number of halogens is 1. The molecule has 0 unspecified atom stereocenters. The van der Waals surface area contributed by atoms with E-state index in [1.807, 2.05) is 26.0 Å². The molecule has 0 spiro atoms. The third kappa shape index (κ3) is 4.08. The molecule has 21 heavy (non-hydrogen) atoms. The van der Waals surface area contributed by atoms with Crippen molar-refractivity contribution in [1.82, 2.24) is 4.98 Å². The van der Waals surface area contributed by atoms with Crippen LogP contribution in [0.1, 0.15) is 18.3 Å². The van der Waals surface area contributed by atoms with Gasteiger partial charge in [0.05, 0.1) is 26.0 Å². The fourth-order valence-corrected chi connectivity index (χ4v) is 1.99. The molecule has 1 heterocycles. The lowest BCUT2D eigenvalue weighted by Gasteiger charge is -2.10. The molecule has 0 atom stereocenters. The summed E-state index contributed by atoms with van der Waals surface area (Å²) in [5, 5.41) is 3.14. The molecule has 1 N–H and O–H groups in total. The van der Waals surface area contributed by atoms with Gasteiger partial charge in [-0.05, 0) is 26.0 Å². The van der Waals surface area contributed by atoms with Gasteiger partial charge >= 0.3 is 0 Å². The second-order valence-corrected chi connectivity index (χ2v) is 4.57. The molecule has 0 fully saturated rings. The van der Waals surface area contributed by atoms with Crippen molar-refractivity contribution in [2.75, 3.05) is 19.0 Å². The van der Waals surface area contributed by atoms with Crippen molar-refractivity contribution < 1.29 is 13.9 Å².